The molecule has 0 amide bonds. The van der Waals surface area contributed by atoms with Crippen molar-refractivity contribution in [1.82, 2.24) is 15.5 Å². The summed E-state index contributed by atoms with van der Waals surface area (Å²) in [6, 6.07) is 8.28. The second-order valence-electron chi connectivity index (χ2n) is 3.36. The number of benzene rings is 1. The highest BCUT2D eigenvalue weighted by atomic mass is 32.2. The third-order valence-electron chi connectivity index (χ3n) is 2.02. The summed E-state index contributed by atoms with van der Waals surface area (Å²) < 4.78 is 5.29. The summed E-state index contributed by atoms with van der Waals surface area (Å²) in [7, 11) is 1.93. The van der Waals surface area contributed by atoms with Crippen LogP contribution in [-0.4, -0.2) is 17.2 Å². The van der Waals surface area contributed by atoms with E-state index in [2.05, 4.69) is 39.8 Å². The van der Waals surface area contributed by atoms with Gasteiger partial charge < -0.3 is 9.73 Å². The van der Waals surface area contributed by atoms with Gasteiger partial charge in [0, 0.05) is 18.4 Å². The fraction of sp³-hybridized carbons (Fsp3) is 0.273. The van der Waals surface area contributed by atoms with Crippen LogP contribution in [0.15, 0.2) is 38.8 Å². The highest BCUT2D eigenvalue weighted by Gasteiger charge is 2.04. The van der Waals surface area contributed by atoms with Crippen LogP contribution in [0.3, 0.4) is 0 Å². The van der Waals surface area contributed by atoms with E-state index in [-0.39, 0.29) is 0 Å². The molecule has 2 aromatic rings. The Morgan fingerprint density at radius 2 is 2.00 bits per heavy atom. The summed E-state index contributed by atoms with van der Waals surface area (Å²) >= 11 is 1.47. The molecular weight excluding hydrogens is 222 g/mol. The predicted molar refractivity (Wildman–Crippen MR) is 62.4 cm³/mol. The van der Waals surface area contributed by atoms with Crippen LogP contribution in [0.1, 0.15) is 11.5 Å². The molecule has 2 rings (SSSR count). The van der Waals surface area contributed by atoms with Crippen LogP contribution < -0.4 is 5.32 Å². The smallest absolute Gasteiger partial charge is 0.281 e. The molecule has 0 bridgehead atoms. The molecule has 0 aliphatic carbocycles. The first-order chi connectivity index (χ1) is 7.78. The Kier molecular flexibility index (Phi) is 3.58. The lowest BCUT2D eigenvalue weighted by Gasteiger charge is -2.00. The van der Waals surface area contributed by atoms with E-state index in [9.17, 15) is 0 Å². The molecule has 0 aliphatic heterocycles. The average molecular weight is 235 g/mol. The Labute approximate surface area is 98.5 Å². The Morgan fingerprint density at radius 1 is 1.25 bits per heavy atom. The molecule has 4 nitrogen and oxygen atoms in total. The number of aryl methyl sites for hydroxylation is 1. The van der Waals surface area contributed by atoms with Crippen molar-refractivity contribution in [2.75, 3.05) is 7.05 Å². The van der Waals surface area contributed by atoms with Gasteiger partial charge in [-0.25, -0.2) is 0 Å². The molecule has 0 saturated heterocycles. The summed E-state index contributed by atoms with van der Waals surface area (Å²) in [5.74, 6) is 0.592. The van der Waals surface area contributed by atoms with E-state index < -0.39 is 0 Å². The molecule has 1 aromatic carbocycles. The van der Waals surface area contributed by atoms with Crippen molar-refractivity contribution in [2.24, 2.45) is 0 Å². The molecule has 0 atom stereocenters. The van der Waals surface area contributed by atoms with Crippen molar-refractivity contribution >= 4 is 11.8 Å². The Bertz CT molecular complexity index is 453. The first-order valence-corrected chi connectivity index (χ1v) is 5.81. The average Bonchev–Trinajstić information content (AvgIpc) is 2.67. The monoisotopic (exact) mass is 235 g/mol. The molecule has 0 spiro atoms. The van der Waals surface area contributed by atoms with Crippen LogP contribution in [0.2, 0.25) is 0 Å². The van der Waals surface area contributed by atoms with Crippen molar-refractivity contribution in [1.29, 1.82) is 0 Å². The molecule has 1 aromatic heterocycles. The fourth-order valence-corrected chi connectivity index (χ4v) is 2.02. The van der Waals surface area contributed by atoms with Gasteiger partial charge in [-0.05, 0) is 36.5 Å². The van der Waals surface area contributed by atoms with Gasteiger partial charge in [-0.1, -0.05) is 12.1 Å². The van der Waals surface area contributed by atoms with E-state index >= 15 is 0 Å². The summed E-state index contributed by atoms with van der Waals surface area (Å²) in [6.45, 7) is 2.66. The van der Waals surface area contributed by atoms with Gasteiger partial charge in [0.05, 0.1) is 0 Å². The lowest BCUT2D eigenvalue weighted by atomic mass is 10.2. The second kappa shape index (κ2) is 5.14. The van der Waals surface area contributed by atoms with E-state index in [4.69, 9.17) is 4.42 Å². The largest absolute Gasteiger partial charge is 0.416 e. The van der Waals surface area contributed by atoms with Crippen molar-refractivity contribution in [3.63, 3.8) is 0 Å². The van der Waals surface area contributed by atoms with E-state index in [0.29, 0.717) is 11.1 Å². The van der Waals surface area contributed by atoms with Gasteiger partial charge in [0.2, 0.25) is 5.89 Å². The molecule has 0 saturated carbocycles. The zero-order chi connectivity index (χ0) is 11.4. The molecule has 1 heterocycles. The van der Waals surface area contributed by atoms with E-state index in [1.807, 2.05) is 7.05 Å². The lowest BCUT2D eigenvalue weighted by molar-refractivity contribution is 0.429. The highest BCUT2D eigenvalue weighted by Crippen LogP contribution is 2.26. The summed E-state index contributed by atoms with van der Waals surface area (Å²) in [4.78, 5) is 1.10. The maximum Gasteiger partial charge on any atom is 0.281 e. The van der Waals surface area contributed by atoms with Crippen LogP contribution >= 0.6 is 11.8 Å². The van der Waals surface area contributed by atoms with E-state index in [0.717, 1.165) is 11.4 Å². The molecule has 5 heteroatoms. The normalized spacial score (nSPS) is 10.6. The fourth-order valence-electron chi connectivity index (χ4n) is 1.30. The predicted octanol–water partition coefficient (Wildman–Crippen LogP) is 2.25. The number of hydrogen-bond acceptors (Lipinski definition) is 5. The Balaban J connectivity index is 2.05. The van der Waals surface area contributed by atoms with Crippen LogP contribution in [0.4, 0.5) is 0 Å². The van der Waals surface area contributed by atoms with Gasteiger partial charge in [-0.3, -0.25) is 0 Å². The van der Waals surface area contributed by atoms with Gasteiger partial charge in [0.25, 0.3) is 5.22 Å². The zero-order valence-electron chi connectivity index (χ0n) is 9.23. The number of rotatable bonds is 4. The number of aromatic nitrogens is 2. The van der Waals surface area contributed by atoms with Crippen LogP contribution in [0.5, 0.6) is 0 Å². The first kappa shape index (κ1) is 11.2. The molecule has 0 radical (unpaired) electrons. The molecule has 0 unspecified atom stereocenters. The van der Waals surface area contributed by atoms with Gasteiger partial charge in [0.1, 0.15) is 0 Å². The molecule has 1 N–H and O–H groups in total. The zero-order valence-corrected chi connectivity index (χ0v) is 10.0. The topological polar surface area (TPSA) is 51.0 Å². The maximum absolute atomic E-state index is 5.29. The quantitative estimate of drug-likeness (QED) is 0.880. The standard InChI is InChI=1S/C11H13N3OS/c1-8-13-14-11(15-8)16-10-5-3-9(4-6-10)7-12-2/h3-6,12H,7H2,1-2H3. The molecule has 16 heavy (non-hydrogen) atoms. The van der Waals surface area contributed by atoms with Crippen molar-refractivity contribution in [2.45, 2.75) is 23.6 Å². The lowest BCUT2D eigenvalue weighted by Crippen LogP contribution is -2.04. The van der Waals surface area contributed by atoms with Gasteiger partial charge in [0.15, 0.2) is 0 Å². The third-order valence-corrected chi connectivity index (χ3v) is 2.86. The molecule has 0 aliphatic rings. The number of nitrogens with zero attached hydrogens (tertiary/aromatic N) is 2. The molecule has 0 fully saturated rings. The number of hydrogen-bond donors (Lipinski definition) is 1. The van der Waals surface area contributed by atoms with E-state index in [1.165, 1.54) is 17.3 Å². The van der Waals surface area contributed by atoms with Gasteiger partial charge in [-0.15, -0.1) is 10.2 Å². The minimum Gasteiger partial charge on any atom is -0.416 e. The van der Waals surface area contributed by atoms with Crippen LogP contribution in [0.25, 0.3) is 0 Å². The Morgan fingerprint density at radius 3 is 2.56 bits per heavy atom. The second-order valence-corrected chi connectivity index (χ2v) is 4.39. The number of nitrogens with one attached hydrogen (secondary N) is 1. The van der Waals surface area contributed by atoms with Crippen molar-refractivity contribution in [3.05, 3.63) is 35.7 Å². The summed E-state index contributed by atoms with van der Waals surface area (Å²) in [6.07, 6.45) is 0. The molecule has 84 valence electrons. The van der Waals surface area contributed by atoms with Crippen molar-refractivity contribution < 1.29 is 4.42 Å². The maximum atomic E-state index is 5.29. The van der Waals surface area contributed by atoms with E-state index in [1.54, 1.807) is 6.92 Å². The summed E-state index contributed by atoms with van der Waals surface area (Å²) in [5, 5.41) is 11.4. The van der Waals surface area contributed by atoms with Gasteiger partial charge in [-0.2, -0.15) is 0 Å². The Hall–Kier alpha value is -1.33. The minimum atomic E-state index is 0.582. The minimum absolute atomic E-state index is 0.582. The molecular formula is C11H13N3OS. The highest BCUT2D eigenvalue weighted by molar-refractivity contribution is 7.99. The van der Waals surface area contributed by atoms with Gasteiger partial charge >= 0.3 is 0 Å². The van der Waals surface area contributed by atoms with Crippen molar-refractivity contribution in [3.8, 4) is 0 Å². The SMILES string of the molecule is CNCc1ccc(Sc2nnc(C)o2)cc1. The van der Waals surface area contributed by atoms with Crippen LogP contribution in [-0.2, 0) is 6.54 Å². The third kappa shape index (κ3) is 2.84. The summed E-state index contributed by atoms with van der Waals surface area (Å²) in [5.41, 5.74) is 1.26. The first-order valence-electron chi connectivity index (χ1n) is 4.99. The van der Waals surface area contributed by atoms with Crippen LogP contribution in [0, 0.1) is 6.92 Å².